The van der Waals surface area contributed by atoms with E-state index in [1.807, 2.05) is 0 Å². The maximum Gasteiger partial charge on any atom is 0.413 e. The predicted molar refractivity (Wildman–Crippen MR) is 48.4 cm³/mol. The number of ether oxygens (including phenoxy) is 2. The zero-order chi connectivity index (χ0) is 10.6. The summed E-state index contributed by atoms with van der Waals surface area (Å²) in [5, 5.41) is 0. The normalized spacial score (nSPS) is 15.9. The molecule has 0 atom stereocenters. The van der Waals surface area contributed by atoms with Crippen LogP contribution in [0, 0.1) is 0 Å². The summed E-state index contributed by atoms with van der Waals surface area (Å²) in [5.41, 5.74) is 0.504. The van der Waals surface area contributed by atoms with Gasteiger partial charge in [-0.2, -0.15) is 0 Å². The Labute approximate surface area is 82.3 Å². The lowest BCUT2D eigenvalue weighted by molar-refractivity contribution is -0.136. The van der Waals surface area contributed by atoms with E-state index in [1.54, 1.807) is 0 Å². The van der Waals surface area contributed by atoms with Crippen LogP contribution in [-0.4, -0.2) is 37.7 Å². The molecule has 0 aromatic heterocycles. The second kappa shape index (κ2) is 4.64. The van der Waals surface area contributed by atoms with Crippen molar-refractivity contribution < 1.29 is 19.1 Å². The van der Waals surface area contributed by atoms with Gasteiger partial charge < -0.3 is 9.47 Å². The van der Waals surface area contributed by atoms with Crippen LogP contribution in [0.5, 0.6) is 0 Å². The van der Waals surface area contributed by atoms with E-state index in [1.165, 1.54) is 25.3 Å². The van der Waals surface area contributed by atoms with Crippen molar-refractivity contribution in [1.29, 1.82) is 0 Å². The number of hydrogen-bond donors (Lipinski definition) is 0. The van der Waals surface area contributed by atoms with Gasteiger partial charge in [0.25, 0.3) is 0 Å². The molecule has 5 nitrogen and oxygen atoms in total. The standard InChI is InChI=1S/C9H13NO4/c1-13-8(11)7-4-3-5-10(6-7)9(12)14-2/h6H,3-5H2,1-2H3. The van der Waals surface area contributed by atoms with E-state index in [-0.39, 0.29) is 0 Å². The van der Waals surface area contributed by atoms with Crippen LogP contribution in [0.2, 0.25) is 0 Å². The van der Waals surface area contributed by atoms with Crippen molar-refractivity contribution in [3.63, 3.8) is 0 Å². The maximum atomic E-state index is 11.2. The third kappa shape index (κ3) is 2.25. The first-order chi connectivity index (χ1) is 6.69. The third-order valence-electron chi connectivity index (χ3n) is 2.01. The van der Waals surface area contributed by atoms with E-state index < -0.39 is 12.1 Å². The summed E-state index contributed by atoms with van der Waals surface area (Å²) < 4.78 is 9.11. The van der Waals surface area contributed by atoms with Gasteiger partial charge in [0.1, 0.15) is 0 Å². The number of carbonyl (C=O) groups excluding carboxylic acids is 2. The van der Waals surface area contributed by atoms with Crippen LogP contribution >= 0.6 is 0 Å². The molecule has 0 radical (unpaired) electrons. The second-order valence-electron chi connectivity index (χ2n) is 2.91. The number of rotatable bonds is 1. The Morgan fingerprint density at radius 2 is 2.07 bits per heavy atom. The fraction of sp³-hybridized carbons (Fsp3) is 0.556. The SMILES string of the molecule is COC(=O)C1=CN(C(=O)OC)CCC1. The summed E-state index contributed by atoms with van der Waals surface area (Å²) in [6.07, 6.45) is 2.42. The summed E-state index contributed by atoms with van der Waals surface area (Å²) in [6.45, 7) is 0.577. The molecule has 14 heavy (non-hydrogen) atoms. The van der Waals surface area contributed by atoms with Crippen molar-refractivity contribution in [2.24, 2.45) is 0 Å². The van der Waals surface area contributed by atoms with Crippen molar-refractivity contribution in [2.75, 3.05) is 20.8 Å². The third-order valence-corrected chi connectivity index (χ3v) is 2.01. The zero-order valence-corrected chi connectivity index (χ0v) is 8.28. The fourth-order valence-corrected chi connectivity index (χ4v) is 1.30. The van der Waals surface area contributed by atoms with Crippen LogP contribution in [0.3, 0.4) is 0 Å². The van der Waals surface area contributed by atoms with Gasteiger partial charge in [0, 0.05) is 12.7 Å². The molecular formula is C9H13NO4. The number of amides is 1. The van der Waals surface area contributed by atoms with Crippen molar-refractivity contribution in [1.82, 2.24) is 4.90 Å². The Morgan fingerprint density at radius 1 is 1.36 bits per heavy atom. The molecule has 5 heteroatoms. The Morgan fingerprint density at radius 3 is 2.64 bits per heavy atom. The Bertz CT molecular complexity index is 272. The highest BCUT2D eigenvalue weighted by atomic mass is 16.5. The molecule has 0 aromatic rings. The van der Waals surface area contributed by atoms with E-state index in [4.69, 9.17) is 0 Å². The van der Waals surface area contributed by atoms with Crippen LogP contribution in [0.15, 0.2) is 11.8 Å². The summed E-state index contributed by atoms with van der Waals surface area (Å²) in [5.74, 6) is -0.390. The monoisotopic (exact) mass is 199 g/mol. The Balaban J connectivity index is 2.73. The van der Waals surface area contributed by atoms with Crippen LogP contribution < -0.4 is 0 Å². The van der Waals surface area contributed by atoms with Crippen molar-refractivity contribution >= 4 is 12.1 Å². The van der Waals surface area contributed by atoms with Gasteiger partial charge in [0.2, 0.25) is 0 Å². The minimum Gasteiger partial charge on any atom is -0.466 e. The minimum absolute atomic E-state index is 0.390. The zero-order valence-electron chi connectivity index (χ0n) is 8.28. The smallest absolute Gasteiger partial charge is 0.413 e. The molecule has 0 aromatic carbocycles. The second-order valence-corrected chi connectivity index (χ2v) is 2.91. The lowest BCUT2D eigenvalue weighted by Crippen LogP contribution is -2.31. The summed E-state index contributed by atoms with van der Waals surface area (Å²) in [4.78, 5) is 23.7. The summed E-state index contributed by atoms with van der Waals surface area (Å²) in [7, 11) is 2.63. The number of carbonyl (C=O) groups is 2. The fourth-order valence-electron chi connectivity index (χ4n) is 1.30. The summed E-state index contributed by atoms with van der Waals surface area (Å²) >= 11 is 0. The van der Waals surface area contributed by atoms with E-state index in [0.29, 0.717) is 18.5 Å². The average Bonchev–Trinajstić information content (AvgIpc) is 2.27. The van der Waals surface area contributed by atoms with Gasteiger partial charge in [-0.05, 0) is 12.8 Å². The van der Waals surface area contributed by atoms with Crippen LogP contribution in [0.1, 0.15) is 12.8 Å². The van der Waals surface area contributed by atoms with Gasteiger partial charge in [-0.1, -0.05) is 0 Å². The number of nitrogens with zero attached hydrogens (tertiary/aromatic N) is 1. The van der Waals surface area contributed by atoms with Gasteiger partial charge in [-0.15, -0.1) is 0 Å². The Hall–Kier alpha value is -1.52. The summed E-state index contributed by atoms with van der Waals surface area (Å²) in [6, 6.07) is 0. The van der Waals surface area contributed by atoms with Gasteiger partial charge in [-0.3, -0.25) is 4.90 Å². The first kappa shape index (κ1) is 10.6. The molecular weight excluding hydrogens is 186 g/mol. The molecule has 1 heterocycles. The molecule has 0 saturated heterocycles. The molecule has 0 bridgehead atoms. The Kier molecular flexibility index (Phi) is 3.50. The molecule has 1 aliphatic heterocycles. The molecule has 0 fully saturated rings. The molecule has 0 N–H and O–H groups in total. The van der Waals surface area contributed by atoms with E-state index >= 15 is 0 Å². The minimum atomic E-state index is -0.453. The lowest BCUT2D eigenvalue weighted by Gasteiger charge is -2.22. The molecule has 1 rings (SSSR count). The highest BCUT2D eigenvalue weighted by Gasteiger charge is 2.20. The predicted octanol–water partition coefficient (Wildman–Crippen LogP) is 0.905. The number of esters is 1. The van der Waals surface area contributed by atoms with Gasteiger partial charge in [0.05, 0.1) is 19.8 Å². The molecule has 0 saturated carbocycles. The van der Waals surface area contributed by atoms with E-state index in [9.17, 15) is 9.59 Å². The average molecular weight is 199 g/mol. The lowest BCUT2D eigenvalue weighted by atomic mass is 10.1. The van der Waals surface area contributed by atoms with Crippen LogP contribution in [0.4, 0.5) is 4.79 Å². The molecule has 0 unspecified atom stereocenters. The first-order valence-electron chi connectivity index (χ1n) is 4.32. The van der Waals surface area contributed by atoms with Crippen LogP contribution in [-0.2, 0) is 14.3 Å². The van der Waals surface area contributed by atoms with Crippen molar-refractivity contribution in [2.45, 2.75) is 12.8 Å². The van der Waals surface area contributed by atoms with Crippen molar-refractivity contribution in [3.8, 4) is 0 Å². The van der Waals surface area contributed by atoms with Gasteiger partial charge >= 0.3 is 12.1 Å². The maximum absolute atomic E-state index is 11.2. The van der Waals surface area contributed by atoms with Gasteiger partial charge in [-0.25, -0.2) is 9.59 Å². The largest absolute Gasteiger partial charge is 0.466 e. The highest BCUT2D eigenvalue weighted by Crippen LogP contribution is 2.16. The molecule has 78 valence electrons. The number of methoxy groups -OCH3 is 2. The number of hydrogen-bond acceptors (Lipinski definition) is 4. The van der Waals surface area contributed by atoms with Crippen molar-refractivity contribution in [3.05, 3.63) is 11.8 Å². The van der Waals surface area contributed by atoms with E-state index in [0.717, 1.165) is 6.42 Å². The molecule has 0 aliphatic carbocycles. The quantitative estimate of drug-likeness (QED) is 0.589. The van der Waals surface area contributed by atoms with Crippen LogP contribution in [0.25, 0.3) is 0 Å². The van der Waals surface area contributed by atoms with Gasteiger partial charge in [0.15, 0.2) is 0 Å². The molecule has 0 spiro atoms. The molecule has 1 amide bonds. The highest BCUT2D eigenvalue weighted by molar-refractivity contribution is 5.89. The van der Waals surface area contributed by atoms with E-state index in [2.05, 4.69) is 9.47 Å². The first-order valence-corrected chi connectivity index (χ1v) is 4.32. The topological polar surface area (TPSA) is 55.8 Å². The molecule has 1 aliphatic rings.